The number of fused-ring (bicyclic) bond motifs is 1. The van der Waals surface area contributed by atoms with E-state index in [0.29, 0.717) is 23.2 Å². The first-order valence-corrected chi connectivity index (χ1v) is 15.8. The summed E-state index contributed by atoms with van der Waals surface area (Å²) >= 11 is 0. The molecule has 1 aliphatic carbocycles. The highest BCUT2D eigenvalue weighted by Gasteiger charge is 2.58. The quantitative estimate of drug-likeness (QED) is 0.171. The van der Waals surface area contributed by atoms with Crippen molar-refractivity contribution in [2.24, 2.45) is 0 Å². The summed E-state index contributed by atoms with van der Waals surface area (Å²) in [6.07, 6.45) is 3.72. The third-order valence-corrected chi connectivity index (χ3v) is 8.94. The molecule has 2 fully saturated rings. The molecule has 0 amide bonds. The molecule has 1 aliphatic heterocycles. The number of aliphatic hydroxyl groups excluding tert-OH is 1. The minimum atomic E-state index is -4.33. The number of benzene rings is 1. The molecule has 6 atom stereocenters. The molecule has 1 saturated heterocycles. The van der Waals surface area contributed by atoms with Crippen LogP contribution in [0, 0.1) is 19.3 Å². The van der Waals surface area contributed by atoms with Crippen LogP contribution in [-0.2, 0) is 23.4 Å². The summed E-state index contributed by atoms with van der Waals surface area (Å²) in [6.45, 7) is 5.87. The second kappa shape index (κ2) is 12.4. The molecular weight excluding hydrogens is 594 g/mol. The van der Waals surface area contributed by atoms with Gasteiger partial charge in [-0.05, 0) is 52.7 Å². The number of aromatic nitrogens is 4. The first-order chi connectivity index (χ1) is 20.8. The zero-order chi connectivity index (χ0) is 31.8. The molecule has 0 unspecified atom stereocenters. The van der Waals surface area contributed by atoms with Gasteiger partial charge in [-0.15, -0.1) is 6.42 Å². The molecule has 0 bridgehead atoms. The highest BCUT2D eigenvalue weighted by atomic mass is 31.2. The van der Waals surface area contributed by atoms with E-state index in [1.807, 2.05) is 17.9 Å². The fraction of sp³-hybridized carbons (Fsp3) is 0.517. The number of terminal acetylenes is 1. The number of nitrogens with one attached hydrogen (secondary N) is 1. The molecule has 0 spiro atoms. The molecule has 236 valence electrons. The van der Waals surface area contributed by atoms with Gasteiger partial charge in [-0.1, -0.05) is 24.1 Å². The van der Waals surface area contributed by atoms with Crippen molar-refractivity contribution < 1.29 is 37.4 Å². The summed E-state index contributed by atoms with van der Waals surface area (Å²) in [7, 11) is -2.42. The van der Waals surface area contributed by atoms with E-state index in [1.54, 1.807) is 51.1 Å². The first-order valence-electron chi connectivity index (χ1n) is 14.3. The van der Waals surface area contributed by atoms with Crippen molar-refractivity contribution in [3.05, 3.63) is 42.5 Å². The van der Waals surface area contributed by atoms with Crippen LogP contribution in [0.25, 0.3) is 11.2 Å². The second-order valence-corrected chi connectivity index (χ2v) is 12.9. The van der Waals surface area contributed by atoms with Gasteiger partial charge in [-0.2, -0.15) is 5.09 Å². The number of aryl methyl sites for hydroxylation is 1. The minimum Gasteiger partial charge on any atom is -0.462 e. The van der Waals surface area contributed by atoms with E-state index in [0.717, 1.165) is 12.8 Å². The smallest absolute Gasteiger partial charge is 0.459 e. The number of halogens is 1. The molecule has 1 saturated carbocycles. The Bertz CT molecular complexity index is 1600. The van der Waals surface area contributed by atoms with Crippen molar-refractivity contribution in [2.75, 3.05) is 18.6 Å². The van der Waals surface area contributed by atoms with E-state index >= 15 is 4.39 Å². The lowest BCUT2D eigenvalue weighted by atomic mass is 9.97. The highest BCUT2D eigenvalue weighted by Crippen LogP contribution is 2.48. The van der Waals surface area contributed by atoms with E-state index in [1.165, 1.54) is 17.8 Å². The van der Waals surface area contributed by atoms with Gasteiger partial charge in [0.15, 0.2) is 23.2 Å². The Morgan fingerprint density at radius 1 is 1.32 bits per heavy atom. The zero-order valence-corrected chi connectivity index (χ0v) is 26.0. The number of anilines is 1. The Labute approximate surface area is 254 Å². The van der Waals surface area contributed by atoms with Crippen molar-refractivity contribution in [1.29, 1.82) is 0 Å². The first kappa shape index (κ1) is 31.8. The fourth-order valence-corrected chi connectivity index (χ4v) is 6.38. The highest BCUT2D eigenvalue weighted by molar-refractivity contribution is 7.52. The number of hydrogen-bond acceptors (Lipinski definition) is 11. The molecule has 13 nitrogen and oxygen atoms in total. The number of carbonyl (C=O) groups excluding carboxylic acids is 1. The van der Waals surface area contributed by atoms with Gasteiger partial charge in [-0.3, -0.25) is 13.9 Å². The number of aliphatic hydroxyl groups is 1. The van der Waals surface area contributed by atoms with Crippen LogP contribution in [0.3, 0.4) is 0 Å². The number of carbonyl (C=O) groups is 1. The third kappa shape index (κ3) is 6.43. The fourth-order valence-electron chi connectivity index (χ4n) is 4.88. The van der Waals surface area contributed by atoms with Crippen LogP contribution < -0.4 is 14.5 Å². The average molecular weight is 631 g/mol. The standard InChI is InChI=1S/C29H36FN6O7P/c1-7-29(30)24(37)22(15-40-44(39,43-21-11-9-8-10-12-21)34-18(4)27(38)41-17(2)3)42-28(29)36-16-31-23-25(35(6)20-13-14-20)32-19(5)33-26(23)36/h1,8-12,16-18,20,22,24,28,37H,13-15H2,2-6H3,(H,34,39)/t18-,22+,24+,28+,29+,44-/m0/s1. The van der Waals surface area contributed by atoms with E-state index in [2.05, 4.69) is 20.0 Å². The Morgan fingerprint density at radius 3 is 2.66 bits per heavy atom. The van der Waals surface area contributed by atoms with Crippen LogP contribution in [0.2, 0.25) is 0 Å². The molecule has 2 aromatic heterocycles. The van der Waals surface area contributed by atoms with Crippen molar-refractivity contribution in [2.45, 2.75) is 82.8 Å². The maximum atomic E-state index is 16.4. The largest absolute Gasteiger partial charge is 0.462 e. The van der Waals surface area contributed by atoms with Gasteiger partial charge in [0.05, 0.1) is 19.0 Å². The van der Waals surface area contributed by atoms with E-state index in [4.69, 9.17) is 24.9 Å². The monoisotopic (exact) mass is 630 g/mol. The molecule has 3 heterocycles. The maximum Gasteiger partial charge on any atom is 0.459 e. The normalized spacial score (nSPS) is 25.4. The van der Waals surface area contributed by atoms with Crippen molar-refractivity contribution in [1.82, 2.24) is 24.6 Å². The summed E-state index contributed by atoms with van der Waals surface area (Å²) in [4.78, 5) is 27.9. The summed E-state index contributed by atoms with van der Waals surface area (Å²) in [5.41, 5.74) is -2.04. The predicted molar refractivity (Wildman–Crippen MR) is 159 cm³/mol. The molecular formula is C29H36FN6O7P. The van der Waals surface area contributed by atoms with Crippen molar-refractivity contribution in [3.63, 3.8) is 0 Å². The van der Waals surface area contributed by atoms with Gasteiger partial charge in [0.2, 0.25) is 5.67 Å². The molecule has 1 aromatic carbocycles. The van der Waals surface area contributed by atoms with Crippen LogP contribution in [-0.4, -0.2) is 80.3 Å². The Kier molecular flexibility index (Phi) is 8.98. The summed E-state index contributed by atoms with van der Waals surface area (Å²) < 4.78 is 54.0. The average Bonchev–Trinajstić information content (AvgIpc) is 3.70. The summed E-state index contributed by atoms with van der Waals surface area (Å²) in [6, 6.07) is 7.35. The minimum absolute atomic E-state index is 0.175. The van der Waals surface area contributed by atoms with Crippen LogP contribution in [0.5, 0.6) is 5.75 Å². The number of hydrogen-bond donors (Lipinski definition) is 2. The van der Waals surface area contributed by atoms with E-state index < -0.39 is 56.6 Å². The Morgan fingerprint density at radius 2 is 2.02 bits per heavy atom. The van der Waals surface area contributed by atoms with Crippen LogP contribution in [0.15, 0.2) is 36.7 Å². The molecule has 44 heavy (non-hydrogen) atoms. The van der Waals surface area contributed by atoms with Crippen LogP contribution in [0.1, 0.15) is 45.7 Å². The molecule has 15 heteroatoms. The molecule has 0 radical (unpaired) electrons. The Hall–Kier alpha value is -3.60. The summed E-state index contributed by atoms with van der Waals surface area (Å²) in [5, 5.41) is 13.6. The lowest BCUT2D eigenvalue weighted by Gasteiger charge is -2.25. The number of para-hydroxylation sites is 1. The van der Waals surface area contributed by atoms with E-state index in [-0.39, 0.29) is 11.4 Å². The van der Waals surface area contributed by atoms with Crippen LogP contribution in [0.4, 0.5) is 10.2 Å². The van der Waals surface area contributed by atoms with Gasteiger partial charge in [0, 0.05) is 13.1 Å². The number of rotatable bonds is 12. The second-order valence-electron chi connectivity index (χ2n) is 11.2. The molecule has 3 aromatic rings. The SMILES string of the molecule is C#C[C@@]1(F)[C@H](O)[C@@H](CO[P@@](=O)(N[C@@H](C)C(=O)OC(C)C)Oc2ccccc2)O[C@H]1n1cnc2c(N(C)C3CC3)nc(C)nc21. The molecule has 2 aliphatic rings. The lowest BCUT2D eigenvalue weighted by Crippen LogP contribution is -2.42. The van der Waals surface area contributed by atoms with Gasteiger partial charge >= 0.3 is 13.7 Å². The maximum absolute atomic E-state index is 16.4. The molecule has 5 rings (SSSR count). The number of alkyl halides is 1. The summed E-state index contributed by atoms with van der Waals surface area (Å²) in [5.74, 6) is 2.53. The number of ether oxygens (including phenoxy) is 2. The lowest BCUT2D eigenvalue weighted by molar-refractivity contribution is -0.149. The van der Waals surface area contributed by atoms with Gasteiger partial charge in [0.25, 0.3) is 0 Å². The van der Waals surface area contributed by atoms with Crippen LogP contribution >= 0.6 is 7.75 Å². The predicted octanol–water partition coefficient (Wildman–Crippen LogP) is 3.47. The molecule has 2 N–H and O–H groups in total. The van der Waals surface area contributed by atoms with Crippen molar-refractivity contribution >= 4 is 30.7 Å². The van der Waals surface area contributed by atoms with Gasteiger partial charge in [-0.25, -0.2) is 23.9 Å². The third-order valence-electron chi connectivity index (χ3n) is 7.30. The number of nitrogens with zero attached hydrogens (tertiary/aromatic N) is 5. The van der Waals surface area contributed by atoms with Gasteiger partial charge in [0.1, 0.15) is 29.8 Å². The van der Waals surface area contributed by atoms with Gasteiger partial charge < -0.3 is 24.0 Å². The number of imidazole rings is 1. The topological polar surface area (TPSA) is 150 Å². The van der Waals surface area contributed by atoms with E-state index in [9.17, 15) is 14.5 Å². The number of esters is 1. The Balaban J connectivity index is 1.40. The zero-order valence-electron chi connectivity index (χ0n) is 25.1. The van der Waals surface area contributed by atoms with Crippen molar-refractivity contribution in [3.8, 4) is 18.1 Å².